The molecular weight excluding hydrogens is 212 g/mol. The lowest BCUT2D eigenvalue weighted by atomic mass is 10.4. The fraction of sp³-hybridized carbons (Fsp3) is 0.556. The Morgan fingerprint density at radius 1 is 1.60 bits per heavy atom. The largest absolute Gasteiger partial charge is 0.370 e. The number of hydrogen-bond donors (Lipinski definition) is 1. The highest BCUT2D eigenvalue weighted by molar-refractivity contribution is 7.99. The van der Waals surface area contributed by atoms with E-state index in [-0.39, 0.29) is 0 Å². The minimum Gasteiger partial charge on any atom is -0.370 e. The van der Waals surface area contributed by atoms with E-state index in [2.05, 4.69) is 15.0 Å². The monoisotopic (exact) mass is 226 g/mol. The number of aliphatic imine (C=N–C) groups is 1. The smallest absolute Gasteiger partial charge is 0.191 e. The summed E-state index contributed by atoms with van der Waals surface area (Å²) in [5.41, 5.74) is 6.68. The van der Waals surface area contributed by atoms with Gasteiger partial charge in [0.15, 0.2) is 5.96 Å². The summed E-state index contributed by atoms with van der Waals surface area (Å²) in [5.74, 6) is 2.86. The zero-order valence-electron chi connectivity index (χ0n) is 8.43. The van der Waals surface area contributed by atoms with Gasteiger partial charge >= 0.3 is 0 Å². The van der Waals surface area contributed by atoms with Crippen molar-refractivity contribution >= 4 is 17.7 Å². The standard InChI is InChI=1S/C9H14N4OS/c10-9(13-2-5-15-6-3-13)11-7-8-1-4-14-12-8/h1,4H,2-3,5-7H2,(H2,10,11). The van der Waals surface area contributed by atoms with E-state index in [1.54, 1.807) is 12.3 Å². The number of aromatic nitrogens is 1. The van der Waals surface area contributed by atoms with Gasteiger partial charge in [-0.15, -0.1) is 0 Å². The third-order valence-corrected chi connectivity index (χ3v) is 3.17. The van der Waals surface area contributed by atoms with Crippen LogP contribution in [0.5, 0.6) is 0 Å². The van der Waals surface area contributed by atoms with Crippen LogP contribution >= 0.6 is 11.8 Å². The lowest BCUT2D eigenvalue weighted by Gasteiger charge is -2.27. The van der Waals surface area contributed by atoms with E-state index in [1.165, 1.54) is 0 Å². The van der Waals surface area contributed by atoms with E-state index in [0.29, 0.717) is 12.5 Å². The summed E-state index contributed by atoms with van der Waals surface area (Å²) in [6, 6.07) is 1.79. The Balaban J connectivity index is 1.88. The van der Waals surface area contributed by atoms with Gasteiger partial charge in [0.25, 0.3) is 0 Å². The molecule has 1 aromatic rings. The van der Waals surface area contributed by atoms with Crippen molar-refractivity contribution in [2.24, 2.45) is 10.7 Å². The predicted octanol–water partition coefficient (Wildman–Crippen LogP) is 0.538. The molecule has 2 rings (SSSR count). The van der Waals surface area contributed by atoms with Crippen molar-refractivity contribution in [3.63, 3.8) is 0 Å². The van der Waals surface area contributed by atoms with Crippen LogP contribution in [0.25, 0.3) is 0 Å². The molecule has 0 amide bonds. The molecular formula is C9H14N4OS. The lowest BCUT2D eigenvalue weighted by molar-refractivity contribution is 0.411. The second-order valence-electron chi connectivity index (χ2n) is 3.26. The molecule has 0 aromatic carbocycles. The van der Waals surface area contributed by atoms with E-state index >= 15 is 0 Å². The third kappa shape index (κ3) is 2.89. The summed E-state index contributed by atoms with van der Waals surface area (Å²) in [5, 5.41) is 3.77. The second kappa shape index (κ2) is 5.06. The average molecular weight is 226 g/mol. The molecule has 82 valence electrons. The molecule has 2 N–H and O–H groups in total. The fourth-order valence-corrected chi connectivity index (χ4v) is 2.28. The molecule has 15 heavy (non-hydrogen) atoms. The summed E-state index contributed by atoms with van der Waals surface area (Å²) in [6.45, 7) is 2.46. The Hall–Kier alpha value is -1.17. The van der Waals surface area contributed by atoms with Crippen LogP contribution in [0.3, 0.4) is 0 Å². The van der Waals surface area contributed by atoms with E-state index in [0.717, 1.165) is 30.3 Å². The van der Waals surface area contributed by atoms with Crippen molar-refractivity contribution in [1.82, 2.24) is 10.1 Å². The summed E-state index contributed by atoms with van der Waals surface area (Å²) in [7, 11) is 0. The number of nitrogens with zero attached hydrogens (tertiary/aromatic N) is 3. The quantitative estimate of drug-likeness (QED) is 0.589. The van der Waals surface area contributed by atoms with Gasteiger partial charge in [0.1, 0.15) is 12.0 Å². The minimum absolute atomic E-state index is 0.492. The van der Waals surface area contributed by atoms with Crippen molar-refractivity contribution in [1.29, 1.82) is 0 Å². The van der Waals surface area contributed by atoms with E-state index in [9.17, 15) is 0 Å². The Morgan fingerprint density at radius 3 is 3.07 bits per heavy atom. The molecule has 0 bridgehead atoms. The number of nitrogens with two attached hydrogens (primary N) is 1. The second-order valence-corrected chi connectivity index (χ2v) is 4.49. The van der Waals surface area contributed by atoms with Gasteiger partial charge in [-0.1, -0.05) is 5.16 Å². The highest BCUT2D eigenvalue weighted by atomic mass is 32.2. The molecule has 1 aliphatic rings. The molecule has 6 heteroatoms. The summed E-state index contributed by atoms with van der Waals surface area (Å²) >= 11 is 1.95. The predicted molar refractivity (Wildman–Crippen MR) is 60.7 cm³/mol. The van der Waals surface area contributed by atoms with Crippen molar-refractivity contribution in [3.8, 4) is 0 Å². The Kier molecular flexibility index (Phi) is 3.49. The molecule has 1 fully saturated rings. The van der Waals surface area contributed by atoms with Gasteiger partial charge in [0.05, 0.1) is 6.54 Å². The third-order valence-electron chi connectivity index (χ3n) is 2.23. The van der Waals surface area contributed by atoms with Gasteiger partial charge in [-0.3, -0.25) is 0 Å². The zero-order chi connectivity index (χ0) is 10.5. The van der Waals surface area contributed by atoms with Crippen molar-refractivity contribution in [2.45, 2.75) is 6.54 Å². The van der Waals surface area contributed by atoms with E-state index in [4.69, 9.17) is 10.3 Å². The summed E-state index contributed by atoms with van der Waals surface area (Å²) in [4.78, 5) is 6.39. The molecule has 1 aromatic heterocycles. The Labute approximate surface area is 92.7 Å². The Bertz CT molecular complexity index is 319. The number of hydrogen-bond acceptors (Lipinski definition) is 4. The van der Waals surface area contributed by atoms with E-state index < -0.39 is 0 Å². The minimum atomic E-state index is 0.492. The molecule has 0 aliphatic carbocycles. The number of thioether (sulfide) groups is 1. The van der Waals surface area contributed by atoms with Crippen LogP contribution in [0, 0.1) is 0 Å². The maximum absolute atomic E-state index is 5.87. The Morgan fingerprint density at radius 2 is 2.40 bits per heavy atom. The first-order valence-corrected chi connectivity index (χ1v) is 6.03. The molecule has 0 saturated carbocycles. The topological polar surface area (TPSA) is 67.6 Å². The molecule has 1 aliphatic heterocycles. The van der Waals surface area contributed by atoms with Crippen LogP contribution in [0.1, 0.15) is 5.69 Å². The van der Waals surface area contributed by atoms with Crippen LogP contribution in [0.15, 0.2) is 21.8 Å². The SMILES string of the molecule is NC(=NCc1ccon1)N1CCSCC1. The highest BCUT2D eigenvalue weighted by Gasteiger charge is 2.11. The number of guanidine groups is 1. The van der Waals surface area contributed by atoms with Crippen molar-refractivity contribution < 1.29 is 4.52 Å². The van der Waals surface area contributed by atoms with Crippen LogP contribution in [-0.4, -0.2) is 40.6 Å². The van der Waals surface area contributed by atoms with Crippen molar-refractivity contribution in [3.05, 3.63) is 18.0 Å². The van der Waals surface area contributed by atoms with Gasteiger partial charge in [0, 0.05) is 30.7 Å². The van der Waals surface area contributed by atoms with Crippen LogP contribution < -0.4 is 5.73 Å². The van der Waals surface area contributed by atoms with E-state index in [1.807, 2.05) is 11.8 Å². The molecule has 0 radical (unpaired) electrons. The van der Waals surface area contributed by atoms with Crippen LogP contribution in [0.4, 0.5) is 0 Å². The molecule has 0 unspecified atom stereocenters. The van der Waals surface area contributed by atoms with Crippen LogP contribution in [-0.2, 0) is 6.54 Å². The number of rotatable bonds is 2. The zero-order valence-corrected chi connectivity index (χ0v) is 9.24. The van der Waals surface area contributed by atoms with Gasteiger partial charge in [0.2, 0.25) is 0 Å². The summed E-state index contributed by atoms with van der Waals surface area (Å²) < 4.78 is 4.72. The molecule has 2 heterocycles. The first kappa shape index (κ1) is 10.4. The van der Waals surface area contributed by atoms with Crippen molar-refractivity contribution in [2.75, 3.05) is 24.6 Å². The van der Waals surface area contributed by atoms with Crippen LogP contribution in [0.2, 0.25) is 0 Å². The summed E-state index contributed by atoms with van der Waals surface area (Å²) in [6.07, 6.45) is 1.54. The van der Waals surface area contributed by atoms with Gasteiger partial charge < -0.3 is 15.2 Å². The lowest BCUT2D eigenvalue weighted by Crippen LogP contribution is -2.42. The average Bonchev–Trinajstić information content (AvgIpc) is 2.80. The molecule has 1 saturated heterocycles. The first-order valence-electron chi connectivity index (χ1n) is 4.88. The highest BCUT2D eigenvalue weighted by Crippen LogP contribution is 2.08. The first-order chi connectivity index (χ1) is 7.36. The fourth-order valence-electron chi connectivity index (χ4n) is 1.37. The maximum atomic E-state index is 5.87. The normalized spacial score (nSPS) is 18.1. The van der Waals surface area contributed by atoms with Gasteiger partial charge in [-0.05, 0) is 0 Å². The molecule has 0 atom stereocenters. The van der Waals surface area contributed by atoms with Gasteiger partial charge in [-0.2, -0.15) is 11.8 Å². The molecule has 0 spiro atoms. The maximum Gasteiger partial charge on any atom is 0.191 e. The molecule has 5 nitrogen and oxygen atoms in total. The van der Waals surface area contributed by atoms with Gasteiger partial charge in [-0.25, -0.2) is 4.99 Å².